The van der Waals surface area contributed by atoms with Gasteiger partial charge in [0.1, 0.15) is 0 Å². The Kier molecular flexibility index (Phi) is 6.89. The van der Waals surface area contributed by atoms with Gasteiger partial charge in [-0.2, -0.15) is 4.98 Å². The molecule has 2 heterocycles. The Morgan fingerprint density at radius 2 is 2.00 bits per heavy atom. The van der Waals surface area contributed by atoms with Crippen molar-refractivity contribution in [1.82, 2.24) is 14.9 Å². The van der Waals surface area contributed by atoms with E-state index < -0.39 is 0 Å². The van der Waals surface area contributed by atoms with Crippen molar-refractivity contribution >= 4 is 23.3 Å². The zero-order valence-electron chi connectivity index (χ0n) is 17.7. The molecule has 152 valence electrons. The van der Waals surface area contributed by atoms with E-state index in [-0.39, 0.29) is 11.9 Å². The second kappa shape index (κ2) is 9.16. The average Bonchev–Trinajstić information content (AvgIpc) is 2.83. The predicted molar refractivity (Wildman–Crippen MR) is 124 cm³/mol. The van der Waals surface area contributed by atoms with Crippen LogP contribution in [0.25, 0.3) is 0 Å². The molecule has 0 bridgehead atoms. The zero-order valence-corrected chi connectivity index (χ0v) is 17.7. The van der Waals surface area contributed by atoms with Crippen molar-refractivity contribution in [2.75, 3.05) is 18.0 Å². The van der Waals surface area contributed by atoms with E-state index in [4.69, 9.17) is 17.9 Å². The van der Waals surface area contributed by atoms with Gasteiger partial charge in [-0.1, -0.05) is 42.0 Å². The lowest BCUT2D eigenvalue weighted by Crippen LogP contribution is -2.21. The topological polar surface area (TPSA) is 94.2 Å². The van der Waals surface area contributed by atoms with Gasteiger partial charge in [0, 0.05) is 13.0 Å². The standard InChI is InChI=1S/C23H30N6/c1-8-9-18(12-16(6)14(2)3)13-26-17(7)19-10-11-20(15(4)5)29-22(27-19)21(24)28-23(29)25/h1,10-12,20,26H,4,7,9,13,24H2,2-3,5-6H3,(H2,25,28)/b18-12+. The third-order valence-electron chi connectivity index (χ3n) is 4.76. The van der Waals surface area contributed by atoms with E-state index in [1.54, 1.807) is 4.57 Å². The maximum atomic E-state index is 6.04. The molecule has 0 fully saturated rings. The lowest BCUT2D eigenvalue weighted by molar-refractivity contribution is 0.704. The first-order valence-electron chi connectivity index (χ1n) is 9.41. The fraction of sp³-hybridized carbons (Fsp3) is 0.304. The molecule has 0 aliphatic carbocycles. The van der Waals surface area contributed by atoms with Gasteiger partial charge < -0.3 is 16.8 Å². The fourth-order valence-electron chi connectivity index (χ4n) is 2.87. The molecule has 0 aromatic carbocycles. The summed E-state index contributed by atoms with van der Waals surface area (Å²) >= 11 is 0. The molecule has 1 aliphatic heterocycles. The number of hydrogen-bond donors (Lipinski definition) is 3. The number of aliphatic imine (C=N–C) groups is 1. The van der Waals surface area contributed by atoms with Gasteiger partial charge in [0.2, 0.25) is 5.95 Å². The smallest absolute Gasteiger partial charge is 0.204 e. The monoisotopic (exact) mass is 390 g/mol. The summed E-state index contributed by atoms with van der Waals surface area (Å²) in [6.45, 7) is 16.9. The predicted octanol–water partition coefficient (Wildman–Crippen LogP) is 4.22. The maximum absolute atomic E-state index is 6.04. The molecule has 0 saturated carbocycles. The van der Waals surface area contributed by atoms with Crippen molar-refractivity contribution in [1.29, 1.82) is 0 Å². The van der Waals surface area contributed by atoms with Crippen molar-refractivity contribution in [3.8, 4) is 12.3 Å². The Balaban J connectivity index is 2.30. The minimum absolute atomic E-state index is 0.180. The molecule has 0 saturated heterocycles. The molecule has 0 amide bonds. The quantitative estimate of drug-likeness (QED) is 0.369. The van der Waals surface area contributed by atoms with Crippen LogP contribution < -0.4 is 16.8 Å². The number of allylic oxidation sites excluding steroid dienone is 6. The highest BCUT2D eigenvalue weighted by atomic mass is 15.3. The molecule has 2 rings (SSSR count). The van der Waals surface area contributed by atoms with Gasteiger partial charge in [-0.15, -0.1) is 12.3 Å². The summed E-state index contributed by atoms with van der Waals surface area (Å²) in [6, 6.07) is -0.180. The Morgan fingerprint density at radius 3 is 2.59 bits per heavy atom. The lowest BCUT2D eigenvalue weighted by Gasteiger charge is -2.16. The number of nitrogens with two attached hydrogens (primary N) is 2. The third kappa shape index (κ3) is 5.08. The highest BCUT2D eigenvalue weighted by Crippen LogP contribution is 2.35. The van der Waals surface area contributed by atoms with E-state index in [0.29, 0.717) is 36.1 Å². The van der Waals surface area contributed by atoms with Crippen LogP contribution in [0.3, 0.4) is 0 Å². The van der Waals surface area contributed by atoms with Crippen LogP contribution in [0.15, 0.2) is 64.4 Å². The summed E-state index contributed by atoms with van der Waals surface area (Å²) in [5.74, 6) is 3.78. The van der Waals surface area contributed by atoms with Gasteiger partial charge in [0.05, 0.1) is 17.5 Å². The van der Waals surface area contributed by atoms with Crippen molar-refractivity contribution in [2.45, 2.75) is 40.2 Å². The first-order valence-corrected chi connectivity index (χ1v) is 9.41. The molecular formula is C23H30N6. The van der Waals surface area contributed by atoms with Crippen molar-refractivity contribution in [3.63, 3.8) is 0 Å². The molecule has 6 nitrogen and oxygen atoms in total. The van der Waals surface area contributed by atoms with E-state index >= 15 is 0 Å². The van der Waals surface area contributed by atoms with Crippen LogP contribution in [0, 0.1) is 12.3 Å². The first kappa shape index (κ1) is 21.8. The summed E-state index contributed by atoms with van der Waals surface area (Å²) in [5.41, 5.74) is 17.8. The summed E-state index contributed by atoms with van der Waals surface area (Å²) < 4.78 is 1.77. The maximum Gasteiger partial charge on any atom is 0.204 e. The number of aromatic nitrogens is 2. The SMILES string of the molecule is C#CC/C(=C\C(C)=C(C)C)CNC(=C)C1=Nc2c(N)nc(N)n2C(C(=C)C)C=C1. The van der Waals surface area contributed by atoms with Crippen LogP contribution in [0.2, 0.25) is 0 Å². The van der Waals surface area contributed by atoms with Crippen LogP contribution in [0.4, 0.5) is 17.6 Å². The van der Waals surface area contributed by atoms with Gasteiger partial charge in [-0.05, 0) is 39.3 Å². The van der Waals surface area contributed by atoms with Gasteiger partial charge in [-0.3, -0.25) is 4.57 Å². The minimum atomic E-state index is -0.180. The highest BCUT2D eigenvalue weighted by Gasteiger charge is 2.23. The summed E-state index contributed by atoms with van der Waals surface area (Å²) in [5, 5.41) is 3.32. The Bertz CT molecular complexity index is 987. The number of nitrogens with zero attached hydrogens (tertiary/aromatic N) is 3. The van der Waals surface area contributed by atoms with E-state index in [0.717, 1.165) is 11.1 Å². The molecule has 1 aliphatic rings. The number of hydrogen-bond acceptors (Lipinski definition) is 5. The normalized spacial score (nSPS) is 15.6. The second-order valence-corrected chi connectivity index (χ2v) is 7.39. The van der Waals surface area contributed by atoms with Crippen LogP contribution in [-0.2, 0) is 0 Å². The molecule has 5 N–H and O–H groups in total. The minimum Gasteiger partial charge on any atom is -0.380 e. The first-order chi connectivity index (χ1) is 13.6. The third-order valence-corrected chi connectivity index (χ3v) is 4.76. The molecule has 29 heavy (non-hydrogen) atoms. The average molecular weight is 391 g/mol. The molecule has 1 atom stereocenters. The number of fused-ring (bicyclic) bond motifs is 1. The molecule has 0 spiro atoms. The van der Waals surface area contributed by atoms with E-state index in [9.17, 15) is 0 Å². The summed E-state index contributed by atoms with van der Waals surface area (Å²) in [6.07, 6.45) is 12.1. The van der Waals surface area contributed by atoms with E-state index in [1.165, 1.54) is 11.1 Å². The molecular weight excluding hydrogens is 360 g/mol. The van der Waals surface area contributed by atoms with E-state index in [1.807, 2.05) is 19.1 Å². The number of rotatable bonds is 7. The van der Waals surface area contributed by atoms with Crippen LogP contribution >= 0.6 is 0 Å². The number of imidazole rings is 1. The summed E-state index contributed by atoms with van der Waals surface area (Å²) in [4.78, 5) is 8.82. The van der Waals surface area contributed by atoms with Crippen molar-refractivity contribution in [2.24, 2.45) is 4.99 Å². The van der Waals surface area contributed by atoms with E-state index in [2.05, 4.69) is 61.2 Å². The number of nitrogens with one attached hydrogen (secondary N) is 1. The van der Waals surface area contributed by atoms with Gasteiger partial charge >= 0.3 is 0 Å². The number of terminal acetylenes is 1. The van der Waals surface area contributed by atoms with Crippen LogP contribution in [-0.4, -0.2) is 21.8 Å². The number of nitrogen functional groups attached to an aromatic ring is 2. The Labute approximate surface area is 173 Å². The van der Waals surface area contributed by atoms with Crippen LogP contribution in [0.5, 0.6) is 0 Å². The largest absolute Gasteiger partial charge is 0.380 e. The lowest BCUT2D eigenvalue weighted by atomic mass is 10.1. The molecule has 1 aromatic heterocycles. The van der Waals surface area contributed by atoms with Crippen molar-refractivity contribution < 1.29 is 0 Å². The highest BCUT2D eigenvalue weighted by molar-refractivity contribution is 6.09. The Hall–Kier alpha value is -3.46. The van der Waals surface area contributed by atoms with Gasteiger partial charge in [-0.25, -0.2) is 4.99 Å². The fourth-order valence-corrected chi connectivity index (χ4v) is 2.87. The van der Waals surface area contributed by atoms with Crippen molar-refractivity contribution in [3.05, 3.63) is 59.4 Å². The molecule has 6 heteroatoms. The van der Waals surface area contributed by atoms with Gasteiger partial charge in [0.15, 0.2) is 11.6 Å². The second-order valence-electron chi connectivity index (χ2n) is 7.39. The molecule has 1 aromatic rings. The Morgan fingerprint density at radius 1 is 1.31 bits per heavy atom. The zero-order chi connectivity index (χ0) is 21.7. The van der Waals surface area contributed by atoms with Crippen LogP contribution in [0.1, 0.15) is 40.2 Å². The molecule has 1 unspecified atom stereocenters. The van der Waals surface area contributed by atoms with Gasteiger partial charge in [0.25, 0.3) is 0 Å². The molecule has 0 radical (unpaired) electrons. The number of anilines is 2. The summed E-state index contributed by atoms with van der Waals surface area (Å²) in [7, 11) is 0.